The van der Waals surface area contributed by atoms with Gasteiger partial charge in [-0.05, 0) is 13.3 Å². The third-order valence-electron chi connectivity index (χ3n) is 2.23. The maximum Gasteiger partial charge on any atom is 0.318 e. The number of hydrogen-bond donors (Lipinski definition) is 4. The summed E-state index contributed by atoms with van der Waals surface area (Å²) in [6.45, 7) is 3.04. The second-order valence-electron chi connectivity index (χ2n) is 3.72. The fraction of sp³-hybridized carbons (Fsp3) is 0.556. The van der Waals surface area contributed by atoms with Gasteiger partial charge in [-0.2, -0.15) is 0 Å². The molecule has 0 spiro atoms. The Morgan fingerprint density at radius 1 is 1.00 bits per heavy atom. The van der Waals surface area contributed by atoms with Gasteiger partial charge in [-0.1, -0.05) is 13.3 Å². The Hall–Kier alpha value is -2.12. The van der Waals surface area contributed by atoms with Crippen molar-refractivity contribution in [3.63, 3.8) is 0 Å². The molecule has 8 heteroatoms. The van der Waals surface area contributed by atoms with Crippen molar-refractivity contribution in [2.24, 2.45) is 16.9 Å². The Morgan fingerprint density at radius 3 is 1.59 bits per heavy atom. The lowest BCUT2D eigenvalue weighted by atomic mass is 9.83. The minimum Gasteiger partial charge on any atom is -0.351 e. The van der Waals surface area contributed by atoms with Crippen LogP contribution in [-0.2, 0) is 9.59 Å². The number of hydrogen-bond acceptors (Lipinski definition) is 4. The van der Waals surface area contributed by atoms with Crippen molar-refractivity contribution < 1.29 is 19.2 Å². The van der Waals surface area contributed by atoms with Crippen LogP contribution in [0.15, 0.2) is 0 Å². The summed E-state index contributed by atoms with van der Waals surface area (Å²) in [5.74, 6) is -1.74. The quantitative estimate of drug-likeness (QED) is 0.479. The molecule has 0 radical (unpaired) electrons. The Kier molecular flexibility index (Phi) is 5.10. The lowest BCUT2D eigenvalue weighted by Crippen LogP contribution is -2.54. The lowest BCUT2D eigenvalue weighted by Gasteiger charge is -2.25. The minimum absolute atomic E-state index is 0.144. The normalized spacial score (nSPS) is 10.5. The van der Waals surface area contributed by atoms with Crippen molar-refractivity contribution in [3.8, 4) is 0 Å². The first-order valence-electron chi connectivity index (χ1n) is 4.95. The van der Waals surface area contributed by atoms with E-state index >= 15 is 0 Å². The number of carbonyl (C=O) groups is 4. The number of carbonyl (C=O) groups excluding carboxylic acids is 4. The third kappa shape index (κ3) is 4.09. The highest BCUT2D eigenvalue weighted by Crippen LogP contribution is 2.23. The van der Waals surface area contributed by atoms with Crippen LogP contribution in [0.4, 0.5) is 9.59 Å². The lowest BCUT2D eigenvalue weighted by molar-refractivity contribution is -0.141. The Bertz CT molecular complexity index is 325. The molecule has 0 aromatic carbocycles. The zero-order chi connectivity index (χ0) is 13.6. The zero-order valence-electron chi connectivity index (χ0n) is 9.70. The van der Waals surface area contributed by atoms with E-state index in [1.807, 2.05) is 10.6 Å². The zero-order valence-corrected chi connectivity index (χ0v) is 9.70. The van der Waals surface area contributed by atoms with E-state index in [2.05, 4.69) is 0 Å². The van der Waals surface area contributed by atoms with E-state index in [4.69, 9.17) is 11.5 Å². The van der Waals surface area contributed by atoms with Gasteiger partial charge in [0.1, 0.15) is 5.41 Å². The standard InChI is InChI=1S/C9H16N4O4/c1-3-4-9(2,5(14)12-7(10)16)6(15)13-8(11)17/h3-4H2,1-2H3,(H3,10,12,14,16)(H3,11,13,15,17). The van der Waals surface area contributed by atoms with E-state index in [1.54, 1.807) is 6.92 Å². The molecule has 0 heterocycles. The molecule has 0 bridgehead atoms. The Balaban J connectivity index is 5.00. The van der Waals surface area contributed by atoms with E-state index in [-0.39, 0.29) is 6.42 Å². The molecule has 0 aromatic rings. The van der Waals surface area contributed by atoms with Gasteiger partial charge in [0.2, 0.25) is 11.8 Å². The molecular weight excluding hydrogens is 228 g/mol. The highest BCUT2D eigenvalue weighted by Gasteiger charge is 2.41. The average molecular weight is 244 g/mol. The molecule has 0 aliphatic carbocycles. The van der Waals surface area contributed by atoms with Gasteiger partial charge in [0.25, 0.3) is 0 Å². The number of nitrogens with two attached hydrogens (primary N) is 2. The fourth-order valence-electron chi connectivity index (χ4n) is 1.33. The maximum atomic E-state index is 11.7. The fourth-order valence-corrected chi connectivity index (χ4v) is 1.33. The number of rotatable bonds is 4. The molecule has 96 valence electrons. The van der Waals surface area contributed by atoms with E-state index < -0.39 is 29.3 Å². The summed E-state index contributed by atoms with van der Waals surface area (Å²) in [6, 6.07) is -2.13. The van der Waals surface area contributed by atoms with E-state index in [1.165, 1.54) is 6.92 Å². The molecular formula is C9H16N4O4. The highest BCUT2D eigenvalue weighted by atomic mass is 16.2. The summed E-state index contributed by atoms with van der Waals surface area (Å²) in [5.41, 5.74) is 8.02. The molecule has 0 fully saturated rings. The largest absolute Gasteiger partial charge is 0.351 e. The second-order valence-corrected chi connectivity index (χ2v) is 3.72. The first-order chi connectivity index (χ1) is 7.74. The van der Waals surface area contributed by atoms with Crippen LogP contribution in [0.2, 0.25) is 0 Å². The molecule has 8 nitrogen and oxygen atoms in total. The van der Waals surface area contributed by atoms with Gasteiger partial charge in [0.15, 0.2) is 0 Å². The summed E-state index contributed by atoms with van der Waals surface area (Å²) in [5, 5.41) is 3.62. The van der Waals surface area contributed by atoms with Crippen molar-refractivity contribution in [3.05, 3.63) is 0 Å². The topological polar surface area (TPSA) is 144 Å². The van der Waals surface area contributed by atoms with E-state index in [9.17, 15) is 19.2 Å². The summed E-state index contributed by atoms with van der Waals surface area (Å²) in [7, 11) is 0. The number of primary amides is 2. The Labute approximate surface area is 98.1 Å². The molecule has 6 amide bonds. The van der Waals surface area contributed by atoms with Crippen LogP contribution in [0.25, 0.3) is 0 Å². The molecule has 0 saturated heterocycles. The van der Waals surface area contributed by atoms with Crippen LogP contribution >= 0.6 is 0 Å². The SMILES string of the molecule is CCCC(C)(C(=O)NC(N)=O)C(=O)NC(N)=O. The summed E-state index contributed by atoms with van der Waals surface area (Å²) < 4.78 is 0. The molecule has 6 N–H and O–H groups in total. The molecule has 0 aromatic heterocycles. The van der Waals surface area contributed by atoms with E-state index in [0.717, 1.165) is 0 Å². The number of urea groups is 2. The molecule has 0 atom stereocenters. The summed E-state index contributed by atoms with van der Waals surface area (Å²) >= 11 is 0. The number of imide groups is 2. The van der Waals surface area contributed by atoms with Crippen molar-refractivity contribution in [1.29, 1.82) is 0 Å². The van der Waals surface area contributed by atoms with Crippen LogP contribution in [-0.4, -0.2) is 23.9 Å². The highest BCUT2D eigenvalue weighted by molar-refractivity contribution is 6.12. The third-order valence-corrected chi connectivity index (χ3v) is 2.23. The predicted molar refractivity (Wildman–Crippen MR) is 58.5 cm³/mol. The monoisotopic (exact) mass is 244 g/mol. The predicted octanol–water partition coefficient (Wildman–Crippen LogP) is -0.817. The van der Waals surface area contributed by atoms with Gasteiger partial charge < -0.3 is 11.5 Å². The van der Waals surface area contributed by atoms with Crippen molar-refractivity contribution >= 4 is 23.9 Å². The van der Waals surface area contributed by atoms with Crippen LogP contribution in [0.1, 0.15) is 26.7 Å². The van der Waals surface area contributed by atoms with E-state index in [0.29, 0.717) is 6.42 Å². The van der Waals surface area contributed by atoms with Gasteiger partial charge in [-0.3, -0.25) is 20.2 Å². The molecule has 0 aliphatic heterocycles. The second kappa shape index (κ2) is 5.83. The molecule has 17 heavy (non-hydrogen) atoms. The Morgan fingerprint density at radius 2 is 1.35 bits per heavy atom. The van der Waals surface area contributed by atoms with Gasteiger partial charge in [0.05, 0.1) is 0 Å². The van der Waals surface area contributed by atoms with Crippen molar-refractivity contribution in [1.82, 2.24) is 10.6 Å². The van der Waals surface area contributed by atoms with Crippen LogP contribution in [0.3, 0.4) is 0 Å². The van der Waals surface area contributed by atoms with Gasteiger partial charge in [-0.15, -0.1) is 0 Å². The molecule has 0 aliphatic rings. The van der Waals surface area contributed by atoms with Crippen LogP contribution in [0, 0.1) is 5.41 Å². The van der Waals surface area contributed by atoms with Gasteiger partial charge in [-0.25, -0.2) is 9.59 Å². The maximum absolute atomic E-state index is 11.7. The van der Waals surface area contributed by atoms with Crippen LogP contribution in [0.5, 0.6) is 0 Å². The number of amides is 6. The first kappa shape index (κ1) is 14.9. The van der Waals surface area contributed by atoms with Crippen molar-refractivity contribution in [2.75, 3.05) is 0 Å². The number of nitrogens with one attached hydrogen (secondary N) is 2. The smallest absolute Gasteiger partial charge is 0.318 e. The summed E-state index contributed by atoms with van der Waals surface area (Å²) in [6.07, 6.45) is 0.639. The van der Waals surface area contributed by atoms with Gasteiger partial charge in [0, 0.05) is 0 Å². The van der Waals surface area contributed by atoms with Crippen molar-refractivity contribution in [2.45, 2.75) is 26.7 Å². The summed E-state index contributed by atoms with van der Waals surface area (Å²) in [4.78, 5) is 44.5. The molecule has 0 saturated carbocycles. The average Bonchev–Trinajstić information content (AvgIpc) is 2.15. The molecule has 0 unspecified atom stereocenters. The minimum atomic E-state index is -1.57. The van der Waals surface area contributed by atoms with Gasteiger partial charge >= 0.3 is 12.1 Å². The molecule has 0 rings (SSSR count). The van der Waals surface area contributed by atoms with Crippen LogP contribution < -0.4 is 22.1 Å². The first-order valence-corrected chi connectivity index (χ1v) is 4.95.